The molecule has 0 spiro atoms. The molecule has 28 heavy (non-hydrogen) atoms. The molecule has 6 heteroatoms. The quantitative estimate of drug-likeness (QED) is 0.332. The Hall–Kier alpha value is -1.82. The smallest absolute Gasteiger partial charge is 0.416 e. The Balaban J connectivity index is 2.44. The van der Waals surface area contributed by atoms with Gasteiger partial charge in [-0.15, -0.1) is 0 Å². The number of alkyl halides is 4. The highest BCUT2D eigenvalue weighted by Gasteiger charge is 2.30. The van der Waals surface area contributed by atoms with Crippen LogP contribution in [-0.4, -0.2) is 13.1 Å². The minimum absolute atomic E-state index is 0.0689. The van der Waals surface area contributed by atoms with Crippen molar-refractivity contribution in [3.63, 3.8) is 0 Å². The monoisotopic (exact) mass is 456 g/mol. The van der Waals surface area contributed by atoms with Gasteiger partial charge in [-0.3, -0.25) is 4.79 Å². The van der Waals surface area contributed by atoms with Gasteiger partial charge in [0.2, 0.25) is 0 Å². The highest BCUT2D eigenvalue weighted by Crippen LogP contribution is 2.38. The lowest BCUT2D eigenvalue weighted by atomic mass is 9.92. The predicted molar refractivity (Wildman–Crippen MR) is 108 cm³/mol. The van der Waals surface area contributed by atoms with Gasteiger partial charge in [-0.2, -0.15) is 13.2 Å². The van der Waals surface area contributed by atoms with Crippen LogP contribution in [0.25, 0.3) is 11.1 Å². The summed E-state index contributed by atoms with van der Waals surface area (Å²) in [5, 5.41) is 0. The first-order valence-corrected chi connectivity index (χ1v) is 10.0. The summed E-state index contributed by atoms with van der Waals surface area (Å²) in [5.41, 5.74) is 2.58. The molecule has 0 saturated heterocycles. The van der Waals surface area contributed by atoms with E-state index in [-0.39, 0.29) is 17.2 Å². The molecule has 0 N–H and O–H groups in total. The van der Waals surface area contributed by atoms with E-state index in [9.17, 15) is 18.0 Å². The Labute approximate surface area is 172 Å². The van der Waals surface area contributed by atoms with Gasteiger partial charge in [0.25, 0.3) is 0 Å². The maximum absolute atomic E-state index is 12.9. The molecular weight excluding hydrogens is 433 g/mol. The van der Waals surface area contributed by atoms with E-state index in [4.69, 9.17) is 4.74 Å². The molecule has 2 aromatic carbocycles. The fourth-order valence-corrected chi connectivity index (χ4v) is 3.61. The lowest BCUT2D eigenvalue weighted by molar-refractivity contribution is -0.140. The van der Waals surface area contributed by atoms with Crippen molar-refractivity contribution in [3.8, 4) is 11.1 Å². The molecule has 0 amide bonds. The van der Waals surface area contributed by atoms with E-state index < -0.39 is 11.7 Å². The Morgan fingerprint density at radius 1 is 1.07 bits per heavy atom. The molecule has 152 valence electrons. The van der Waals surface area contributed by atoms with Gasteiger partial charge in [-0.25, -0.2) is 0 Å². The van der Waals surface area contributed by atoms with Crippen molar-refractivity contribution in [2.45, 2.75) is 44.1 Å². The zero-order valence-electron chi connectivity index (χ0n) is 16.1. The number of halogens is 4. The van der Waals surface area contributed by atoms with Crippen LogP contribution in [-0.2, 0) is 22.1 Å². The largest absolute Gasteiger partial charge is 0.469 e. The Morgan fingerprint density at radius 2 is 1.71 bits per heavy atom. The number of carbonyl (C=O) groups excluding carboxylic acids is 1. The second-order valence-electron chi connectivity index (χ2n) is 7.19. The normalized spacial score (nSPS) is 12.9. The summed E-state index contributed by atoms with van der Waals surface area (Å²) in [7, 11) is 1.33. The summed E-state index contributed by atoms with van der Waals surface area (Å²) in [6.07, 6.45) is -2.33. The van der Waals surface area contributed by atoms with Gasteiger partial charge in [0.15, 0.2) is 0 Å². The van der Waals surface area contributed by atoms with Crippen LogP contribution in [0.2, 0.25) is 0 Å². The molecule has 0 heterocycles. The zero-order valence-corrected chi connectivity index (χ0v) is 17.7. The molecule has 0 aliphatic heterocycles. The topological polar surface area (TPSA) is 26.3 Å². The highest BCUT2D eigenvalue weighted by atomic mass is 79.9. The number of hydrogen-bond acceptors (Lipinski definition) is 2. The van der Waals surface area contributed by atoms with E-state index in [1.807, 2.05) is 18.2 Å². The molecule has 0 aliphatic rings. The molecule has 0 bridgehead atoms. The van der Waals surface area contributed by atoms with E-state index in [0.29, 0.717) is 11.5 Å². The van der Waals surface area contributed by atoms with Gasteiger partial charge in [0, 0.05) is 4.83 Å². The molecule has 2 nitrogen and oxygen atoms in total. The van der Waals surface area contributed by atoms with Crippen LogP contribution in [0.1, 0.15) is 48.2 Å². The Bertz CT molecular complexity index is 798. The van der Waals surface area contributed by atoms with Crippen molar-refractivity contribution in [1.82, 2.24) is 0 Å². The molecular formula is C22H24BrF3O2. The first-order chi connectivity index (χ1) is 13.1. The zero-order chi connectivity index (χ0) is 20.9. The van der Waals surface area contributed by atoms with Crippen LogP contribution < -0.4 is 0 Å². The van der Waals surface area contributed by atoms with Crippen molar-refractivity contribution in [2.24, 2.45) is 5.92 Å². The molecule has 0 radical (unpaired) electrons. The van der Waals surface area contributed by atoms with Crippen LogP contribution >= 0.6 is 15.9 Å². The van der Waals surface area contributed by atoms with Gasteiger partial charge < -0.3 is 4.74 Å². The third kappa shape index (κ3) is 6.09. The van der Waals surface area contributed by atoms with Crippen molar-refractivity contribution in [2.75, 3.05) is 7.11 Å². The Morgan fingerprint density at radius 3 is 2.25 bits per heavy atom. The van der Waals surface area contributed by atoms with Crippen LogP contribution in [0.5, 0.6) is 0 Å². The predicted octanol–water partition coefficient (Wildman–Crippen LogP) is 6.96. The number of carbonyl (C=O) groups is 1. The standard InChI is InChI=1S/C22H24BrF3O2/c1-14(2)4-11-20(23)18-10-5-15(13-21(27)28-3)12-19(18)16-6-8-17(9-7-16)22(24,25)26/h5-10,12,14,20H,4,11,13H2,1-3H3. The van der Waals surface area contributed by atoms with E-state index >= 15 is 0 Å². The third-order valence-electron chi connectivity index (χ3n) is 4.55. The van der Waals surface area contributed by atoms with Crippen LogP contribution in [0.4, 0.5) is 13.2 Å². The maximum Gasteiger partial charge on any atom is 0.416 e. The maximum atomic E-state index is 12.9. The number of esters is 1. The molecule has 0 saturated carbocycles. The summed E-state index contributed by atoms with van der Waals surface area (Å²) in [6.45, 7) is 4.30. The van der Waals surface area contributed by atoms with E-state index in [0.717, 1.165) is 41.7 Å². The first kappa shape index (κ1) is 22.5. The van der Waals surface area contributed by atoms with Crippen LogP contribution in [0.15, 0.2) is 42.5 Å². The number of benzene rings is 2. The van der Waals surface area contributed by atoms with E-state index in [2.05, 4.69) is 29.8 Å². The highest BCUT2D eigenvalue weighted by molar-refractivity contribution is 9.09. The number of ether oxygens (including phenoxy) is 1. The van der Waals surface area contributed by atoms with Gasteiger partial charge >= 0.3 is 12.1 Å². The van der Waals surface area contributed by atoms with Gasteiger partial charge in [0.05, 0.1) is 19.1 Å². The fourth-order valence-electron chi connectivity index (χ4n) is 2.95. The second kappa shape index (κ2) is 9.59. The lowest BCUT2D eigenvalue weighted by Gasteiger charge is -2.18. The minimum atomic E-state index is -4.37. The summed E-state index contributed by atoms with van der Waals surface area (Å²) >= 11 is 3.73. The fraction of sp³-hybridized carbons (Fsp3) is 0.409. The molecule has 0 aliphatic carbocycles. The molecule has 0 aromatic heterocycles. The number of methoxy groups -OCH3 is 1. The number of hydrogen-bond donors (Lipinski definition) is 0. The SMILES string of the molecule is COC(=O)Cc1ccc(C(Br)CCC(C)C)c(-c2ccc(C(F)(F)F)cc2)c1. The average Bonchev–Trinajstić information content (AvgIpc) is 2.65. The van der Waals surface area contributed by atoms with Crippen molar-refractivity contribution < 1.29 is 22.7 Å². The van der Waals surface area contributed by atoms with Crippen LogP contribution in [0.3, 0.4) is 0 Å². The molecule has 1 atom stereocenters. The lowest BCUT2D eigenvalue weighted by Crippen LogP contribution is -2.06. The second-order valence-corrected chi connectivity index (χ2v) is 8.29. The first-order valence-electron chi connectivity index (χ1n) is 9.13. The van der Waals surface area contributed by atoms with Gasteiger partial charge in [0.1, 0.15) is 0 Å². The number of rotatable bonds is 7. The van der Waals surface area contributed by atoms with Crippen molar-refractivity contribution in [3.05, 3.63) is 59.2 Å². The van der Waals surface area contributed by atoms with Gasteiger partial charge in [-0.1, -0.05) is 60.1 Å². The van der Waals surface area contributed by atoms with Crippen LogP contribution in [0, 0.1) is 5.92 Å². The third-order valence-corrected chi connectivity index (χ3v) is 5.50. The minimum Gasteiger partial charge on any atom is -0.469 e. The summed E-state index contributed by atoms with van der Waals surface area (Å²) in [5.74, 6) is 0.189. The molecule has 2 rings (SSSR count). The van der Waals surface area contributed by atoms with Crippen molar-refractivity contribution >= 4 is 21.9 Å². The summed E-state index contributed by atoms with van der Waals surface area (Å²) < 4.78 is 43.4. The molecule has 0 fully saturated rings. The summed E-state index contributed by atoms with van der Waals surface area (Å²) in [6, 6.07) is 10.8. The summed E-state index contributed by atoms with van der Waals surface area (Å²) in [4.78, 5) is 11.7. The molecule has 2 aromatic rings. The van der Waals surface area contributed by atoms with E-state index in [1.54, 1.807) is 0 Å². The van der Waals surface area contributed by atoms with E-state index in [1.165, 1.54) is 19.2 Å². The molecule has 1 unspecified atom stereocenters. The Kier molecular flexibility index (Phi) is 7.70. The average molecular weight is 457 g/mol. The van der Waals surface area contributed by atoms with Crippen molar-refractivity contribution in [1.29, 1.82) is 0 Å². The van der Waals surface area contributed by atoms with Gasteiger partial charge in [-0.05, 0) is 53.1 Å².